The lowest BCUT2D eigenvalue weighted by Crippen LogP contribution is -2.23. The van der Waals surface area contributed by atoms with E-state index >= 15 is 0 Å². The van der Waals surface area contributed by atoms with Gasteiger partial charge in [0, 0.05) is 98.1 Å². The number of methoxy groups -OCH3 is 4. The van der Waals surface area contributed by atoms with Crippen LogP contribution in [0.25, 0.3) is 11.8 Å². The van der Waals surface area contributed by atoms with E-state index < -0.39 is 5.97 Å². The van der Waals surface area contributed by atoms with Crippen LogP contribution in [0.15, 0.2) is 248 Å². The van der Waals surface area contributed by atoms with Gasteiger partial charge < -0.3 is 45.1 Å². The molecule has 8 aromatic carbocycles. The van der Waals surface area contributed by atoms with Crippen molar-refractivity contribution < 1.29 is 47.7 Å². The molecular weight excluding hydrogens is 1600 g/mol. The van der Waals surface area contributed by atoms with Crippen molar-refractivity contribution in [3.05, 3.63) is 316 Å². The molecule has 0 fully saturated rings. The maximum absolute atomic E-state index is 13.5. The zero-order valence-corrected chi connectivity index (χ0v) is 72.6. The first-order chi connectivity index (χ1) is 60.2. The number of benzene rings is 8. The lowest BCUT2D eigenvalue weighted by Gasteiger charge is -2.24. The van der Waals surface area contributed by atoms with Gasteiger partial charge in [-0.25, -0.2) is 19.3 Å². The second-order valence-electron chi connectivity index (χ2n) is 30.0. The highest BCUT2D eigenvalue weighted by Crippen LogP contribution is 2.48. The number of ether oxygens (including phenoxy) is 4. The van der Waals surface area contributed by atoms with Crippen LogP contribution in [-0.2, 0) is 34.0 Å². The quantitative estimate of drug-likeness (QED) is 0.0172. The molecule has 0 unspecified atom stereocenters. The zero-order chi connectivity index (χ0) is 89.3. The van der Waals surface area contributed by atoms with Crippen molar-refractivity contribution in [2.24, 2.45) is 20.4 Å². The third-order valence-corrected chi connectivity index (χ3v) is 22.3. The molecule has 27 nitrogen and oxygen atoms in total. The number of hydrazone groups is 2. The van der Waals surface area contributed by atoms with Crippen LogP contribution in [0.3, 0.4) is 0 Å². The summed E-state index contributed by atoms with van der Waals surface area (Å²) in [6, 6.07) is 64.4. The van der Waals surface area contributed by atoms with Gasteiger partial charge in [0.2, 0.25) is 0 Å². The number of esters is 2. The Kier molecular flexibility index (Phi) is 28.6. The summed E-state index contributed by atoms with van der Waals surface area (Å²) in [5.74, 6) is -0.726. The van der Waals surface area contributed by atoms with E-state index in [1.165, 1.54) is 28.9 Å². The molecule has 125 heavy (non-hydrogen) atoms. The zero-order valence-electron chi connectivity index (χ0n) is 71.8. The lowest BCUT2D eigenvalue weighted by molar-refractivity contribution is -0.115. The summed E-state index contributed by atoms with van der Waals surface area (Å²) in [7, 11) is 7.91. The van der Waals surface area contributed by atoms with Gasteiger partial charge in [-0.05, 0) is 182 Å². The Hall–Kier alpha value is -15.1. The summed E-state index contributed by atoms with van der Waals surface area (Å²) in [4.78, 5) is 96.8. The second kappa shape index (κ2) is 40.1. The van der Waals surface area contributed by atoms with Crippen molar-refractivity contribution in [1.82, 2.24) is 14.8 Å². The van der Waals surface area contributed by atoms with Crippen molar-refractivity contribution in [3.8, 4) is 17.8 Å². The topological polar surface area (TPSA) is 345 Å². The van der Waals surface area contributed by atoms with E-state index in [-0.39, 0.29) is 50.9 Å². The van der Waals surface area contributed by atoms with E-state index in [4.69, 9.17) is 18.9 Å². The number of likely N-dealkylation sites (N-methyl/N-ethyl adjacent to an activating group) is 1. The van der Waals surface area contributed by atoms with E-state index in [1.54, 1.807) is 71.4 Å². The number of rotatable bonds is 23. The minimum atomic E-state index is -0.542. The fraction of sp³-hybridized carbons (Fsp3) is 0.216. The van der Waals surface area contributed by atoms with E-state index in [1.807, 2.05) is 211 Å². The third kappa shape index (κ3) is 19.6. The molecule has 0 radical (unpaired) electrons. The van der Waals surface area contributed by atoms with Crippen molar-refractivity contribution in [2.75, 3.05) is 98.0 Å². The molecule has 0 saturated carbocycles. The molecule has 1 aliphatic carbocycles. The van der Waals surface area contributed by atoms with Crippen molar-refractivity contribution in [3.63, 3.8) is 0 Å². The summed E-state index contributed by atoms with van der Waals surface area (Å²) < 4.78 is 21.3. The first kappa shape index (κ1) is 89.2. The van der Waals surface area contributed by atoms with Crippen LogP contribution < -0.4 is 41.7 Å². The number of hydrogen-bond acceptors (Lipinski definition) is 24. The van der Waals surface area contributed by atoms with Crippen LogP contribution in [0.2, 0.25) is 0 Å². The Labute approximate surface area is 728 Å². The third-order valence-electron chi connectivity index (χ3n) is 21.2. The molecule has 2 amide bonds. The summed E-state index contributed by atoms with van der Waals surface area (Å²) in [5.41, 5.74) is 17.5. The van der Waals surface area contributed by atoms with Crippen LogP contribution in [0, 0.1) is 57.3 Å². The number of fused-ring (bicyclic) bond motifs is 3. The fourth-order valence-corrected chi connectivity index (χ4v) is 15.4. The van der Waals surface area contributed by atoms with Gasteiger partial charge in [-0.2, -0.15) is 30.7 Å². The number of pyridine rings is 1. The Bertz CT molecular complexity index is 6200. The molecule has 0 atom stereocenters. The van der Waals surface area contributed by atoms with E-state index in [0.29, 0.717) is 144 Å². The minimum absolute atomic E-state index is 0.149. The van der Waals surface area contributed by atoms with Crippen molar-refractivity contribution in [2.45, 2.75) is 80.6 Å². The molecule has 3 aromatic heterocycles. The lowest BCUT2D eigenvalue weighted by atomic mass is 9.82. The normalized spacial score (nSPS) is 14.4. The molecule has 4 aliphatic rings. The standard InChI is InChI=1S/C28H22N2O2.C25H25N3O3.C23H29N7O4S.C21H18N4O2/c1-17-7-11-19(12-8-17)29-23-15-16-24(30-20-13-9-18(2)10-14-20)26-25(23)27(31)21-5-3-4-6-22(21)28(26)32;1-16-19(23(29)28(26-16)18-9-7-6-8-10-18)12-14-22-25(2,3)20-15-17(24(30)31-5)11-13-21(20)27(22)4;1-14-16(12-24)20(26-8-6-10-32-3)28-21(27-9-7-11-33-4)18(14)29-30-22-17(13-25)15(2)19(35-22)23(31)34-5;1-14-18(20(26)24(22-14)16-9-5-3-6-10-16)13-19-15(2)23-25(21(19)27)17-11-7-4-8-12-17/h3-16,29-30H,1-2H3;6-15H,1-5H3;6-11H2,1-5H3,(H2,26,27,28);3-13,22H,1-2H3/b;19-12+,22-14-;;19-13-. The minimum Gasteiger partial charge on any atom is -0.465 e. The Morgan fingerprint density at radius 1 is 0.560 bits per heavy atom. The largest absolute Gasteiger partial charge is 0.465 e. The highest BCUT2D eigenvalue weighted by atomic mass is 32.1. The molecule has 0 saturated heterocycles. The Morgan fingerprint density at radius 3 is 1.55 bits per heavy atom. The number of amides is 2. The van der Waals surface area contributed by atoms with E-state index in [2.05, 4.69) is 82.7 Å². The van der Waals surface area contributed by atoms with Gasteiger partial charge in [-0.1, -0.05) is 128 Å². The van der Waals surface area contributed by atoms with Crippen molar-refractivity contribution >= 4 is 126 Å². The number of anilines is 9. The highest BCUT2D eigenvalue weighted by molar-refractivity contribution is 7.18. The van der Waals surface area contributed by atoms with Crippen LogP contribution >= 0.6 is 11.3 Å². The number of thiophene rings is 1. The summed E-state index contributed by atoms with van der Waals surface area (Å²) in [6.07, 6.45) is 6.91. The Morgan fingerprint density at radius 2 is 1.05 bits per heavy atom. The van der Waals surface area contributed by atoms with Gasteiger partial charge >= 0.3 is 11.9 Å². The number of azo groups is 1. The molecule has 11 aromatic rings. The van der Waals surface area contributed by atoms with E-state index in [0.717, 1.165) is 75.0 Å². The number of hydrogen-bond donors (Lipinski definition) is 5. The maximum Gasteiger partial charge on any atom is 0.348 e. The number of aromatic amines is 1. The number of nitrogens with zero attached hydrogens (tertiary/aromatic N) is 11. The maximum atomic E-state index is 13.5. The molecule has 6 heterocycles. The average Bonchev–Trinajstić information content (AvgIpc) is 1.70. The van der Waals surface area contributed by atoms with Crippen LogP contribution in [0.5, 0.6) is 0 Å². The first-order valence-electron chi connectivity index (χ1n) is 40.1. The van der Waals surface area contributed by atoms with Gasteiger partial charge in [0.25, 0.3) is 17.4 Å². The molecule has 0 bridgehead atoms. The number of aryl methyl sites for hydroxylation is 3. The second-order valence-corrected chi connectivity index (χ2v) is 31.0. The van der Waals surface area contributed by atoms with E-state index in [9.17, 15) is 44.1 Å². The Balaban J connectivity index is 0.000000152. The van der Waals surface area contributed by atoms with Crippen LogP contribution in [0.4, 0.5) is 62.1 Å². The molecule has 28 heteroatoms. The number of nitrogens with one attached hydrogen (secondary N) is 5. The highest BCUT2D eigenvalue weighted by Gasteiger charge is 2.40. The molecule has 634 valence electrons. The van der Waals surface area contributed by atoms with Crippen LogP contribution in [-0.4, -0.2) is 123 Å². The summed E-state index contributed by atoms with van der Waals surface area (Å²) in [6.45, 7) is 19.4. The number of H-pyrrole nitrogens is 1. The average molecular weight is 1690 g/mol. The SMILES string of the molecule is CC1=NN(c2ccccc2)C(=O)/C1=C\c1c(C)[nH]n(-c2ccccc2)c1=O.COC(=O)c1ccc2c(c1)C(C)(C)/C(=C/C=C1/C(=O)N(c3ccccc3)N=C1C)N2C.COCCCNc1nc(NCCCOC)c(N=Nc2sc(C(=O)OC)c(C)c2C#N)c(C)c1C#N.Cc1ccc(Nc2ccc(Nc3ccc(C)cc3)c3c2C(=O)c2ccccc2C3=O)cc1. The molecule has 3 aliphatic heterocycles. The monoisotopic (exact) mass is 1690 g/mol. The number of carbonyl (C=O) groups is 6. The summed E-state index contributed by atoms with van der Waals surface area (Å²) >= 11 is 1.02. The predicted molar refractivity (Wildman–Crippen MR) is 490 cm³/mol. The van der Waals surface area contributed by atoms with Gasteiger partial charge in [0.15, 0.2) is 22.4 Å². The smallest absolute Gasteiger partial charge is 0.348 e. The molecular formula is C97H94N16O11S. The predicted octanol–water partition coefficient (Wildman–Crippen LogP) is 18.9. The molecule has 0 spiro atoms. The van der Waals surface area contributed by atoms with Crippen molar-refractivity contribution in [1.29, 1.82) is 10.5 Å². The number of ketones is 2. The number of carbonyl (C=O) groups excluding carboxylic acids is 6. The van der Waals surface area contributed by atoms with Gasteiger partial charge in [-0.3, -0.25) is 29.1 Å². The molecule has 5 N–H and O–H groups in total. The number of aromatic nitrogens is 3. The number of para-hydroxylation sites is 3. The number of allylic oxidation sites excluding steroid dienone is 3. The van der Waals surface area contributed by atoms with Gasteiger partial charge in [0.1, 0.15) is 28.5 Å². The number of nitriles is 2. The van der Waals surface area contributed by atoms with Gasteiger partial charge in [-0.15, -0.1) is 21.6 Å². The summed E-state index contributed by atoms with van der Waals surface area (Å²) in [5, 5.41) is 56.0. The first-order valence-corrected chi connectivity index (χ1v) is 40.9. The van der Waals surface area contributed by atoms with Crippen LogP contribution in [0.1, 0.15) is 143 Å². The van der Waals surface area contributed by atoms with Gasteiger partial charge in [0.05, 0.1) is 98.6 Å². The molecule has 15 rings (SSSR count). The fourth-order valence-electron chi connectivity index (χ4n) is 14.4.